The number of anilines is 1. The smallest absolute Gasteiger partial charge is 0.322 e. The number of aryl methyl sites for hydroxylation is 1. The molecule has 2 rings (SSSR count). The van der Waals surface area contributed by atoms with E-state index in [1.165, 1.54) is 0 Å². The minimum absolute atomic E-state index is 0.160. The maximum atomic E-state index is 12.4. The average Bonchev–Trinajstić information content (AvgIpc) is 2.81. The van der Waals surface area contributed by atoms with Gasteiger partial charge in [-0.3, -0.25) is 0 Å². The van der Waals surface area contributed by atoms with E-state index in [2.05, 4.69) is 5.32 Å². The second kappa shape index (κ2) is 5.62. The SMILES string of the molecule is Cc1ccc(NC(=O)N2CCCC2C(C)(C)O)c(Cl)c1. The van der Waals surface area contributed by atoms with Crippen molar-refractivity contribution in [1.82, 2.24) is 4.90 Å². The summed E-state index contributed by atoms with van der Waals surface area (Å²) < 4.78 is 0. The fourth-order valence-electron chi connectivity index (χ4n) is 2.65. The maximum absolute atomic E-state index is 12.4. The van der Waals surface area contributed by atoms with Gasteiger partial charge < -0.3 is 15.3 Å². The number of nitrogens with zero attached hydrogens (tertiary/aromatic N) is 1. The summed E-state index contributed by atoms with van der Waals surface area (Å²) in [7, 11) is 0. The highest BCUT2D eigenvalue weighted by molar-refractivity contribution is 6.33. The minimum atomic E-state index is -0.898. The highest BCUT2D eigenvalue weighted by atomic mass is 35.5. The van der Waals surface area contributed by atoms with E-state index in [0.29, 0.717) is 17.3 Å². The predicted octanol–water partition coefficient (Wildman–Crippen LogP) is 3.42. The van der Waals surface area contributed by atoms with Gasteiger partial charge in [0, 0.05) is 6.54 Å². The van der Waals surface area contributed by atoms with Gasteiger partial charge in [0.2, 0.25) is 0 Å². The molecule has 1 aliphatic rings. The number of urea groups is 1. The molecule has 0 radical (unpaired) electrons. The van der Waals surface area contributed by atoms with E-state index in [9.17, 15) is 9.90 Å². The Hall–Kier alpha value is -1.26. The summed E-state index contributed by atoms with van der Waals surface area (Å²) in [6.07, 6.45) is 1.72. The highest BCUT2D eigenvalue weighted by Crippen LogP contribution is 2.29. The summed E-state index contributed by atoms with van der Waals surface area (Å²) >= 11 is 6.12. The third kappa shape index (κ3) is 3.25. The molecule has 0 aromatic heterocycles. The molecule has 2 N–H and O–H groups in total. The van der Waals surface area contributed by atoms with Crippen LogP contribution < -0.4 is 5.32 Å². The Morgan fingerprint density at radius 3 is 2.80 bits per heavy atom. The fourth-order valence-corrected chi connectivity index (χ4v) is 2.94. The molecule has 0 saturated carbocycles. The molecule has 1 saturated heterocycles. The van der Waals surface area contributed by atoms with Crippen LogP contribution in [0.3, 0.4) is 0 Å². The second-order valence-electron chi connectivity index (χ2n) is 5.92. The van der Waals surface area contributed by atoms with Gasteiger partial charge in [0.05, 0.1) is 22.4 Å². The summed E-state index contributed by atoms with van der Waals surface area (Å²) in [6, 6.07) is 5.14. The van der Waals surface area contributed by atoms with Gasteiger partial charge in [-0.25, -0.2) is 4.79 Å². The van der Waals surface area contributed by atoms with Crippen LogP contribution in [0.15, 0.2) is 18.2 Å². The van der Waals surface area contributed by atoms with Crippen LogP contribution in [0, 0.1) is 6.92 Å². The summed E-state index contributed by atoms with van der Waals surface area (Å²) in [6.45, 7) is 6.08. The molecule has 1 fully saturated rings. The van der Waals surface area contributed by atoms with Gasteiger partial charge >= 0.3 is 6.03 Å². The van der Waals surface area contributed by atoms with Gasteiger partial charge in [-0.1, -0.05) is 17.7 Å². The second-order valence-corrected chi connectivity index (χ2v) is 6.33. The van der Waals surface area contributed by atoms with Gasteiger partial charge in [-0.2, -0.15) is 0 Å². The van der Waals surface area contributed by atoms with Crippen LogP contribution in [0.4, 0.5) is 10.5 Å². The normalized spacial score (nSPS) is 19.2. The number of aliphatic hydroxyl groups is 1. The molecule has 1 aliphatic heterocycles. The Kier molecular flexibility index (Phi) is 4.25. The zero-order valence-corrected chi connectivity index (χ0v) is 12.9. The number of carbonyl (C=O) groups is 1. The maximum Gasteiger partial charge on any atom is 0.322 e. The van der Waals surface area contributed by atoms with E-state index in [1.807, 2.05) is 19.1 Å². The lowest BCUT2D eigenvalue weighted by atomic mass is 9.97. The first-order chi connectivity index (χ1) is 9.29. The van der Waals surface area contributed by atoms with Gasteiger partial charge in [0.25, 0.3) is 0 Å². The number of carbonyl (C=O) groups excluding carboxylic acids is 1. The predicted molar refractivity (Wildman–Crippen MR) is 81.2 cm³/mol. The van der Waals surface area contributed by atoms with Gasteiger partial charge in [-0.15, -0.1) is 0 Å². The molecule has 1 atom stereocenters. The van der Waals surface area contributed by atoms with Gasteiger partial charge in [0.15, 0.2) is 0 Å². The number of hydrogen-bond donors (Lipinski definition) is 2. The third-order valence-electron chi connectivity index (χ3n) is 3.70. The van der Waals surface area contributed by atoms with Crippen molar-refractivity contribution in [3.05, 3.63) is 28.8 Å². The van der Waals surface area contributed by atoms with Crippen molar-refractivity contribution in [2.75, 3.05) is 11.9 Å². The number of amides is 2. The zero-order valence-electron chi connectivity index (χ0n) is 12.1. The van der Waals surface area contributed by atoms with Crippen LogP contribution in [0.2, 0.25) is 5.02 Å². The summed E-state index contributed by atoms with van der Waals surface area (Å²) in [5.74, 6) is 0. The molecule has 1 aromatic carbocycles. The van der Waals surface area contributed by atoms with E-state index in [-0.39, 0.29) is 12.1 Å². The molecule has 1 heterocycles. The molecule has 0 spiro atoms. The number of benzene rings is 1. The first kappa shape index (κ1) is 15.1. The van der Waals surface area contributed by atoms with Gasteiger partial charge in [-0.05, 0) is 51.3 Å². The third-order valence-corrected chi connectivity index (χ3v) is 4.01. The molecule has 0 aliphatic carbocycles. The van der Waals surface area contributed by atoms with E-state index in [1.54, 1.807) is 24.8 Å². The molecule has 110 valence electrons. The lowest BCUT2D eigenvalue weighted by molar-refractivity contribution is 0.0117. The van der Waals surface area contributed by atoms with Crippen LogP contribution >= 0.6 is 11.6 Å². The van der Waals surface area contributed by atoms with Crippen molar-refractivity contribution in [2.24, 2.45) is 0 Å². The van der Waals surface area contributed by atoms with Crippen LogP contribution in [-0.2, 0) is 0 Å². The standard InChI is InChI=1S/C15H21ClN2O2/c1-10-6-7-12(11(16)9-10)17-14(19)18-8-4-5-13(18)15(2,3)20/h6-7,9,13,20H,4-5,8H2,1-3H3,(H,17,19). The first-order valence-electron chi connectivity index (χ1n) is 6.85. The topological polar surface area (TPSA) is 52.6 Å². The number of halogens is 1. The van der Waals surface area contributed by atoms with Crippen LogP contribution in [0.25, 0.3) is 0 Å². The monoisotopic (exact) mass is 296 g/mol. The highest BCUT2D eigenvalue weighted by Gasteiger charge is 2.38. The molecule has 2 amide bonds. The van der Waals surface area contributed by atoms with Crippen LogP contribution in [0.1, 0.15) is 32.3 Å². The molecular weight excluding hydrogens is 276 g/mol. The Balaban J connectivity index is 2.12. The van der Waals surface area contributed by atoms with E-state index in [0.717, 1.165) is 18.4 Å². The lowest BCUT2D eigenvalue weighted by Crippen LogP contribution is -2.49. The fraction of sp³-hybridized carbons (Fsp3) is 0.533. The van der Waals surface area contributed by atoms with Crippen LogP contribution in [-0.4, -0.2) is 34.2 Å². The summed E-state index contributed by atoms with van der Waals surface area (Å²) in [5.41, 5.74) is 0.748. The van der Waals surface area contributed by atoms with Crippen molar-refractivity contribution >= 4 is 23.3 Å². The largest absolute Gasteiger partial charge is 0.388 e. The Morgan fingerprint density at radius 2 is 2.20 bits per heavy atom. The minimum Gasteiger partial charge on any atom is -0.388 e. The van der Waals surface area contributed by atoms with Gasteiger partial charge in [0.1, 0.15) is 0 Å². The average molecular weight is 297 g/mol. The van der Waals surface area contributed by atoms with Crippen LogP contribution in [0.5, 0.6) is 0 Å². The number of rotatable bonds is 2. The molecule has 4 nitrogen and oxygen atoms in total. The number of hydrogen-bond acceptors (Lipinski definition) is 2. The Morgan fingerprint density at radius 1 is 1.50 bits per heavy atom. The van der Waals surface area contributed by atoms with Crippen molar-refractivity contribution in [1.29, 1.82) is 0 Å². The summed E-state index contributed by atoms with van der Waals surface area (Å²) in [5, 5.41) is 13.5. The van der Waals surface area contributed by atoms with E-state index in [4.69, 9.17) is 11.6 Å². The molecule has 1 unspecified atom stereocenters. The number of likely N-dealkylation sites (tertiary alicyclic amines) is 1. The van der Waals surface area contributed by atoms with Crippen molar-refractivity contribution in [3.63, 3.8) is 0 Å². The molecule has 1 aromatic rings. The molecule has 0 bridgehead atoms. The number of nitrogens with one attached hydrogen (secondary N) is 1. The Bertz CT molecular complexity index is 511. The van der Waals surface area contributed by atoms with Crippen molar-refractivity contribution < 1.29 is 9.90 Å². The zero-order chi connectivity index (χ0) is 14.9. The quantitative estimate of drug-likeness (QED) is 0.878. The first-order valence-corrected chi connectivity index (χ1v) is 7.23. The molecular formula is C15H21ClN2O2. The van der Waals surface area contributed by atoms with Crippen molar-refractivity contribution in [2.45, 2.75) is 45.3 Å². The Labute approximate surface area is 124 Å². The molecule has 20 heavy (non-hydrogen) atoms. The van der Waals surface area contributed by atoms with E-state index >= 15 is 0 Å². The van der Waals surface area contributed by atoms with Crippen molar-refractivity contribution in [3.8, 4) is 0 Å². The lowest BCUT2D eigenvalue weighted by Gasteiger charge is -2.33. The van der Waals surface area contributed by atoms with E-state index < -0.39 is 5.60 Å². The molecule has 5 heteroatoms. The summed E-state index contributed by atoms with van der Waals surface area (Å²) in [4.78, 5) is 14.0.